The van der Waals surface area contributed by atoms with Crippen LogP contribution in [0.2, 0.25) is 0 Å². The van der Waals surface area contributed by atoms with E-state index in [1.807, 2.05) is 4.90 Å². The molecule has 0 unspecified atom stereocenters. The van der Waals surface area contributed by atoms with Crippen molar-refractivity contribution in [1.29, 1.82) is 0 Å². The van der Waals surface area contributed by atoms with Crippen molar-refractivity contribution in [3.8, 4) is 0 Å². The molecule has 0 radical (unpaired) electrons. The fourth-order valence-electron chi connectivity index (χ4n) is 2.34. The van der Waals surface area contributed by atoms with Crippen molar-refractivity contribution in [2.75, 3.05) is 32.7 Å². The van der Waals surface area contributed by atoms with Crippen molar-refractivity contribution >= 4 is 23.1 Å². The van der Waals surface area contributed by atoms with E-state index in [0.717, 1.165) is 6.07 Å². The van der Waals surface area contributed by atoms with Gasteiger partial charge in [-0.25, -0.2) is 8.78 Å². The van der Waals surface area contributed by atoms with Gasteiger partial charge >= 0.3 is 0 Å². The minimum Gasteiger partial charge on any atom is -0.392 e. The third kappa shape index (κ3) is 3.54. The fraction of sp³-hybridized carbons (Fsp3) is 0.429. The molecule has 0 aliphatic carbocycles. The number of carbonyl (C=O) groups is 1. The van der Waals surface area contributed by atoms with E-state index in [1.165, 1.54) is 17.9 Å². The van der Waals surface area contributed by atoms with Gasteiger partial charge < -0.3 is 10.6 Å². The van der Waals surface area contributed by atoms with Gasteiger partial charge in [0, 0.05) is 32.7 Å². The number of hydrogen-bond donors (Lipinski definition) is 1. The first-order valence-corrected chi connectivity index (χ1v) is 7.05. The maximum atomic E-state index is 14.0. The molecule has 1 aromatic rings. The van der Waals surface area contributed by atoms with Crippen molar-refractivity contribution in [2.24, 2.45) is 5.73 Å². The Hall–Kier alpha value is -1.60. The lowest BCUT2D eigenvalue weighted by molar-refractivity contribution is 0.0644. The normalized spacial score (nSPS) is 16.0. The average molecular weight is 313 g/mol. The van der Waals surface area contributed by atoms with Gasteiger partial charge in [0.05, 0.1) is 4.99 Å². The lowest BCUT2D eigenvalue weighted by Crippen LogP contribution is -2.50. The zero-order valence-corrected chi connectivity index (χ0v) is 12.6. The van der Waals surface area contributed by atoms with E-state index in [0.29, 0.717) is 37.7 Å². The summed E-state index contributed by atoms with van der Waals surface area (Å²) >= 11 is 4.84. The quantitative estimate of drug-likeness (QED) is 0.855. The van der Waals surface area contributed by atoms with E-state index in [1.54, 1.807) is 0 Å². The molecule has 4 nitrogen and oxygen atoms in total. The Labute approximate surface area is 127 Å². The van der Waals surface area contributed by atoms with Crippen molar-refractivity contribution < 1.29 is 13.6 Å². The Balaban J connectivity index is 2.09. The van der Waals surface area contributed by atoms with Crippen LogP contribution < -0.4 is 5.73 Å². The van der Waals surface area contributed by atoms with Crippen LogP contribution in [-0.4, -0.2) is 53.4 Å². The highest BCUT2D eigenvalue weighted by molar-refractivity contribution is 7.80. The van der Waals surface area contributed by atoms with E-state index in [2.05, 4.69) is 0 Å². The summed E-state index contributed by atoms with van der Waals surface area (Å²) in [7, 11) is 0. The monoisotopic (exact) mass is 313 g/mol. The molecule has 1 heterocycles. The number of carbonyl (C=O) groups excluding carboxylic acids is 1. The molecule has 0 spiro atoms. The topological polar surface area (TPSA) is 49.6 Å². The molecular formula is C14H17F2N3OS. The van der Waals surface area contributed by atoms with Gasteiger partial charge in [-0.1, -0.05) is 18.3 Å². The van der Waals surface area contributed by atoms with Crippen molar-refractivity contribution in [1.82, 2.24) is 9.80 Å². The predicted octanol–water partition coefficient (Wildman–Crippen LogP) is 1.32. The third-order valence-corrected chi connectivity index (χ3v) is 3.67. The van der Waals surface area contributed by atoms with Crippen molar-refractivity contribution in [3.05, 3.63) is 34.9 Å². The van der Waals surface area contributed by atoms with E-state index in [9.17, 15) is 13.6 Å². The highest BCUT2D eigenvalue weighted by Crippen LogP contribution is 2.19. The number of nitrogens with two attached hydrogens (primary N) is 1. The first-order valence-electron chi connectivity index (χ1n) is 6.64. The molecule has 0 saturated carbocycles. The lowest BCUT2D eigenvalue weighted by atomic mass is 10.1. The Kier molecular flexibility index (Phi) is 4.84. The SMILES string of the molecule is Cc1ccc(F)c(C(=O)N2CCN(CC(N)=S)CC2)c1F. The van der Waals surface area contributed by atoms with Gasteiger partial charge in [0.2, 0.25) is 0 Å². The molecule has 0 atom stereocenters. The molecule has 1 fully saturated rings. The van der Waals surface area contributed by atoms with Crippen LogP contribution in [0.25, 0.3) is 0 Å². The third-order valence-electron chi connectivity index (χ3n) is 3.54. The van der Waals surface area contributed by atoms with Crippen molar-refractivity contribution in [2.45, 2.75) is 6.92 Å². The van der Waals surface area contributed by atoms with Crippen LogP contribution in [-0.2, 0) is 0 Å². The number of amides is 1. The first kappa shape index (κ1) is 15.8. The fourth-order valence-corrected chi connectivity index (χ4v) is 2.52. The molecule has 114 valence electrons. The second-order valence-corrected chi connectivity index (χ2v) is 5.61. The first-order chi connectivity index (χ1) is 9.90. The average Bonchev–Trinajstić information content (AvgIpc) is 2.43. The molecule has 2 rings (SSSR count). The smallest absolute Gasteiger partial charge is 0.259 e. The van der Waals surface area contributed by atoms with Crippen LogP contribution in [0.15, 0.2) is 12.1 Å². The van der Waals surface area contributed by atoms with Crippen LogP contribution in [0.5, 0.6) is 0 Å². The number of thiocarbonyl (C=S) groups is 1. The zero-order chi connectivity index (χ0) is 15.6. The van der Waals surface area contributed by atoms with Crippen LogP contribution in [0.4, 0.5) is 8.78 Å². The van der Waals surface area contributed by atoms with Gasteiger partial charge in [0.15, 0.2) is 0 Å². The number of rotatable bonds is 3. The van der Waals surface area contributed by atoms with E-state index >= 15 is 0 Å². The molecule has 7 heteroatoms. The molecule has 1 aromatic carbocycles. The van der Waals surface area contributed by atoms with Crippen LogP contribution >= 0.6 is 12.2 Å². The van der Waals surface area contributed by atoms with Gasteiger partial charge in [-0.3, -0.25) is 9.69 Å². The number of aryl methyl sites for hydroxylation is 1. The van der Waals surface area contributed by atoms with Gasteiger partial charge in [-0.2, -0.15) is 0 Å². The number of hydrogen-bond acceptors (Lipinski definition) is 3. The molecule has 1 amide bonds. The van der Waals surface area contributed by atoms with Gasteiger partial charge in [-0.15, -0.1) is 0 Å². The maximum absolute atomic E-state index is 14.0. The molecule has 1 aliphatic rings. The van der Waals surface area contributed by atoms with Gasteiger partial charge in [0.25, 0.3) is 5.91 Å². The predicted molar refractivity (Wildman–Crippen MR) is 80.2 cm³/mol. The largest absolute Gasteiger partial charge is 0.392 e. The van der Waals surface area contributed by atoms with Gasteiger partial charge in [0.1, 0.15) is 17.2 Å². The standard InChI is InChI=1S/C14H17F2N3OS/c1-9-2-3-10(15)12(13(9)16)14(20)19-6-4-18(5-7-19)8-11(17)21/h2-3H,4-8H2,1H3,(H2,17,21). The molecule has 1 saturated heterocycles. The Morgan fingerprint density at radius 1 is 1.29 bits per heavy atom. The number of benzene rings is 1. The summed E-state index contributed by atoms with van der Waals surface area (Å²) in [6, 6.07) is 2.44. The number of piperazine rings is 1. The summed E-state index contributed by atoms with van der Waals surface area (Å²) in [5.74, 6) is -2.22. The minimum absolute atomic E-state index is 0.256. The number of halogens is 2. The molecular weight excluding hydrogens is 296 g/mol. The zero-order valence-electron chi connectivity index (χ0n) is 11.7. The Morgan fingerprint density at radius 2 is 1.90 bits per heavy atom. The van der Waals surface area contributed by atoms with E-state index in [4.69, 9.17) is 18.0 Å². The van der Waals surface area contributed by atoms with Crippen LogP contribution in [0.3, 0.4) is 0 Å². The highest BCUT2D eigenvalue weighted by atomic mass is 32.1. The number of nitrogens with zero attached hydrogens (tertiary/aromatic N) is 2. The van der Waals surface area contributed by atoms with Crippen LogP contribution in [0, 0.1) is 18.6 Å². The maximum Gasteiger partial charge on any atom is 0.259 e. The molecule has 2 N–H and O–H groups in total. The second-order valence-electron chi connectivity index (χ2n) is 5.09. The summed E-state index contributed by atoms with van der Waals surface area (Å²) < 4.78 is 27.7. The Bertz CT molecular complexity index is 572. The second kappa shape index (κ2) is 6.44. The van der Waals surface area contributed by atoms with E-state index < -0.39 is 23.1 Å². The summed E-state index contributed by atoms with van der Waals surface area (Å²) in [5, 5.41) is 0. The van der Waals surface area contributed by atoms with E-state index in [-0.39, 0.29) is 5.56 Å². The summed E-state index contributed by atoms with van der Waals surface area (Å²) in [6.45, 7) is 3.95. The van der Waals surface area contributed by atoms with Crippen LogP contribution in [0.1, 0.15) is 15.9 Å². The van der Waals surface area contributed by atoms with Crippen molar-refractivity contribution in [3.63, 3.8) is 0 Å². The summed E-state index contributed by atoms with van der Waals surface area (Å²) in [6.07, 6.45) is 0. The molecule has 21 heavy (non-hydrogen) atoms. The summed E-state index contributed by atoms with van der Waals surface area (Å²) in [4.78, 5) is 16.2. The lowest BCUT2D eigenvalue weighted by Gasteiger charge is -2.34. The molecule has 1 aliphatic heterocycles. The van der Waals surface area contributed by atoms with Gasteiger partial charge in [-0.05, 0) is 18.6 Å². The summed E-state index contributed by atoms with van der Waals surface area (Å²) in [5.41, 5.74) is 5.26. The molecule has 0 bridgehead atoms. The Morgan fingerprint density at radius 3 is 2.48 bits per heavy atom. The molecule has 0 aromatic heterocycles. The minimum atomic E-state index is -0.825. The highest BCUT2D eigenvalue weighted by Gasteiger charge is 2.27.